The molecule has 0 atom stereocenters. The molecule has 0 amide bonds. The van der Waals surface area contributed by atoms with Gasteiger partial charge in [-0.05, 0) is 209 Å². The van der Waals surface area contributed by atoms with Crippen molar-refractivity contribution in [2.45, 2.75) is 87.9 Å². The van der Waals surface area contributed by atoms with Gasteiger partial charge in [-0.1, -0.05) is 115 Å². The largest absolute Gasteiger partial charge is 0.376 e. The van der Waals surface area contributed by atoms with Gasteiger partial charge in [0, 0.05) is 38.5 Å². The molecule has 8 aliphatic carbocycles. The number of hydrogen-bond acceptors (Lipinski definition) is 1. The number of benzene rings is 8. The first-order valence-electron chi connectivity index (χ1n) is 26.2. The van der Waals surface area contributed by atoms with Gasteiger partial charge < -0.3 is 9.38 Å². The van der Waals surface area contributed by atoms with E-state index in [9.17, 15) is 0 Å². The Morgan fingerprint density at radius 3 is 1.66 bits per heavy atom. The Balaban J connectivity index is 1.00. The van der Waals surface area contributed by atoms with Gasteiger partial charge in [-0.15, -0.1) is 0 Å². The van der Waals surface area contributed by atoms with E-state index in [0.717, 1.165) is 35.5 Å². The molecule has 8 fully saturated rings. The van der Waals surface area contributed by atoms with Gasteiger partial charge in [-0.2, -0.15) is 0 Å². The van der Waals surface area contributed by atoms with E-state index < -0.39 is 0 Å². The van der Waals surface area contributed by atoms with Crippen LogP contribution in [-0.4, -0.2) is 11.4 Å². The summed E-state index contributed by atoms with van der Waals surface area (Å²) in [5, 5.41) is 8.31. The van der Waals surface area contributed by atoms with E-state index in [2.05, 4.69) is 161 Å². The first-order valence-corrected chi connectivity index (χ1v) is 26.2. The van der Waals surface area contributed by atoms with E-state index in [1.165, 1.54) is 171 Å². The lowest BCUT2D eigenvalue weighted by Gasteiger charge is -2.57. The number of fused-ring (bicyclic) bond motifs is 11. The minimum atomic E-state index is -0.00807. The number of nitrogens with zero attached hydrogens (tertiary/aromatic N) is 2. The van der Waals surface area contributed by atoms with Crippen molar-refractivity contribution in [3.8, 4) is 27.9 Å². The number of rotatable bonds is 4. The molecule has 324 valence electrons. The highest BCUT2D eigenvalue weighted by Crippen LogP contribution is 2.63. The smallest absolute Gasteiger partial charge is 0.333 e. The molecule has 10 aliphatic rings. The van der Waals surface area contributed by atoms with Crippen LogP contribution in [0.5, 0.6) is 0 Å². The Kier molecular flexibility index (Phi) is 7.14. The fourth-order valence-corrected chi connectivity index (χ4v) is 18.3. The molecule has 0 saturated heterocycles. The third-order valence-corrected chi connectivity index (χ3v) is 20.0. The highest BCUT2D eigenvalue weighted by atomic mass is 15.1. The second-order valence-electron chi connectivity index (χ2n) is 23.7. The summed E-state index contributed by atoms with van der Waals surface area (Å²) < 4.78 is 2.80. The summed E-state index contributed by atoms with van der Waals surface area (Å²) >= 11 is 0. The van der Waals surface area contributed by atoms with Crippen molar-refractivity contribution in [2.24, 2.45) is 35.5 Å². The van der Waals surface area contributed by atoms with E-state index in [4.69, 9.17) is 0 Å². The van der Waals surface area contributed by atoms with Crippen LogP contribution in [0.2, 0.25) is 0 Å². The molecule has 67 heavy (non-hydrogen) atoms. The maximum atomic E-state index is 2.82. The standard InChI is InChI=1S/C64H55BN2/c1-2-8-44(9-3-1)45-14-18-50(19-15-45)67-60-51-12-6-4-10-46(51)16-20-53(60)55-28-47-11-5-7-13-52(47)62-59(55)65(67)57-31-49(64-35-41-25-42(36-64)27-43(26-41)37-64)30-56-54-29-48(17-21-58(54)66(62)61(56)57)63-32-38-22-39(33-63)24-40(23-38)34-63/h1-21,28-31,38-43H,22-27,32-37H2. The molecule has 8 bridgehead atoms. The van der Waals surface area contributed by atoms with Crippen LogP contribution in [0.1, 0.15) is 88.2 Å². The number of hydrogen-bond donors (Lipinski definition) is 0. The fraction of sp³-hybridized carbons (Fsp3) is 0.312. The van der Waals surface area contributed by atoms with Crippen molar-refractivity contribution in [3.63, 3.8) is 0 Å². The molecule has 1 aromatic heterocycles. The van der Waals surface area contributed by atoms with Crippen LogP contribution in [0.3, 0.4) is 0 Å². The summed E-state index contributed by atoms with van der Waals surface area (Å²) in [7, 11) is 0. The van der Waals surface area contributed by atoms with Crippen molar-refractivity contribution >= 4 is 72.5 Å². The molecule has 19 rings (SSSR count). The SMILES string of the molecule is c1ccc(-c2ccc(N3B4c5c(cc6ccccc6c5-n5c6ccc(C78CC9CC(CC(C9)C7)C8)cc6c6cc(C78CC9CC(CC(C9)C7)C8)cc4c65)-c4ccc5ccccc5c43)cc2)cc1. The molecule has 9 aromatic rings. The Hall–Kier alpha value is -6.06. The molecule has 8 saturated carbocycles. The highest BCUT2D eigenvalue weighted by molar-refractivity contribution is 6.94. The van der Waals surface area contributed by atoms with E-state index >= 15 is 0 Å². The second-order valence-corrected chi connectivity index (χ2v) is 23.7. The van der Waals surface area contributed by atoms with Crippen molar-refractivity contribution in [3.05, 3.63) is 163 Å². The average molecular weight is 863 g/mol. The van der Waals surface area contributed by atoms with Gasteiger partial charge >= 0.3 is 6.85 Å². The Morgan fingerprint density at radius 1 is 0.418 bits per heavy atom. The van der Waals surface area contributed by atoms with Crippen molar-refractivity contribution < 1.29 is 0 Å². The van der Waals surface area contributed by atoms with E-state index in [1.54, 1.807) is 11.1 Å². The summed E-state index contributed by atoms with van der Waals surface area (Å²) in [6.07, 6.45) is 17.1. The average Bonchev–Trinajstić information content (AvgIpc) is 3.68. The zero-order valence-electron chi connectivity index (χ0n) is 38.4. The van der Waals surface area contributed by atoms with Crippen LogP contribution >= 0.6 is 0 Å². The summed E-state index contributed by atoms with van der Waals surface area (Å²) in [5.74, 6) is 5.41. The van der Waals surface area contributed by atoms with Crippen LogP contribution in [0, 0.1) is 35.5 Å². The minimum absolute atomic E-state index is 0.00807. The number of aromatic nitrogens is 1. The first kappa shape index (κ1) is 37.0. The van der Waals surface area contributed by atoms with Gasteiger partial charge in [0.05, 0.1) is 16.7 Å². The Morgan fingerprint density at radius 2 is 0.985 bits per heavy atom. The maximum Gasteiger partial charge on any atom is 0.333 e. The predicted molar refractivity (Wildman–Crippen MR) is 280 cm³/mol. The molecule has 2 aliphatic heterocycles. The zero-order valence-corrected chi connectivity index (χ0v) is 38.4. The molecule has 3 heteroatoms. The van der Waals surface area contributed by atoms with Gasteiger partial charge in [0.15, 0.2) is 0 Å². The van der Waals surface area contributed by atoms with Gasteiger partial charge in [0.1, 0.15) is 0 Å². The monoisotopic (exact) mass is 862 g/mol. The van der Waals surface area contributed by atoms with E-state index in [-0.39, 0.29) is 12.3 Å². The lowest BCUT2D eigenvalue weighted by molar-refractivity contribution is -0.00526. The third kappa shape index (κ3) is 4.94. The van der Waals surface area contributed by atoms with Crippen molar-refractivity contribution in [2.75, 3.05) is 4.81 Å². The molecule has 0 spiro atoms. The third-order valence-electron chi connectivity index (χ3n) is 20.0. The highest BCUT2D eigenvalue weighted by Gasteiger charge is 2.54. The summed E-state index contributed by atoms with van der Waals surface area (Å²) in [6, 6.07) is 60.1. The van der Waals surface area contributed by atoms with Gasteiger partial charge in [0.2, 0.25) is 0 Å². The quantitative estimate of drug-likeness (QED) is 0.160. The van der Waals surface area contributed by atoms with Gasteiger partial charge in [-0.3, -0.25) is 0 Å². The Bertz CT molecular complexity index is 3540. The van der Waals surface area contributed by atoms with Crippen LogP contribution in [0.4, 0.5) is 11.4 Å². The molecule has 0 unspecified atom stereocenters. The summed E-state index contributed by atoms with van der Waals surface area (Å²) in [4.78, 5) is 2.81. The number of anilines is 2. The van der Waals surface area contributed by atoms with E-state index in [0.29, 0.717) is 5.41 Å². The van der Waals surface area contributed by atoms with Crippen LogP contribution < -0.4 is 15.7 Å². The van der Waals surface area contributed by atoms with Crippen LogP contribution in [-0.2, 0) is 10.8 Å². The predicted octanol–water partition coefficient (Wildman–Crippen LogP) is 14.9. The second kappa shape index (κ2) is 12.9. The minimum Gasteiger partial charge on any atom is -0.376 e. The van der Waals surface area contributed by atoms with Crippen LogP contribution in [0.15, 0.2) is 152 Å². The van der Waals surface area contributed by atoms with Gasteiger partial charge in [0.25, 0.3) is 0 Å². The van der Waals surface area contributed by atoms with E-state index in [1.807, 2.05) is 0 Å². The first-order chi connectivity index (χ1) is 33.0. The maximum absolute atomic E-state index is 2.82. The topological polar surface area (TPSA) is 8.17 Å². The lowest BCUT2D eigenvalue weighted by atomic mass is 9.42. The normalized spacial score (nSPS) is 29.1. The molecule has 8 aromatic carbocycles. The molecule has 0 N–H and O–H groups in total. The fourth-order valence-electron chi connectivity index (χ4n) is 18.3. The molecule has 2 nitrogen and oxygen atoms in total. The molecular weight excluding hydrogens is 808 g/mol. The summed E-state index contributed by atoms with van der Waals surface area (Å²) in [5.41, 5.74) is 19.0. The van der Waals surface area contributed by atoms with Crippen molar-refractivity contribution in [1.29, 1.82) is 0 Å². The molecule has 3 heterocycles. The van der Waals surface area contributed by atoms with Crippen molar-refractivity contribution in [1.82, 2.24) is 4.57 Å². The summed E-state index contributed by atoms with van der Waals surface area (Å²) in [6.45, 7) is -0.00807. The lowest BCUT2D eigenvalue weighted by Crippen LogP contribution is -2.61. The molecular formula is C64H55BN2. The molecule has 0 radical (unpaired) electrons. The Labute approximate surface area is 394 Å². The van der Waals surface area contributed by atoms with Crippen LogP contribution in [0.25, 0.3) is 71.3 Å². The zero-order chi connectivity index (χ0) is 43.3. The van der Waals surface area contributed by atoms with Gasteiger partial charge in [-0.25, -0.2) is 0 Å².